The number of amides is 1. The number of hydrogen-bond acceptors (Lipinski definition) is 8. The molecule has 0 atom stereocenters. The molecule has 1 aromatic heterocycles. The van der Waals surface area contributed by atoms with Gasteiger partial charge in [-0.15, -0.1) is 0 Å². The third kappa shape index (κ3) is 6.26. The molecular formula is C30H35N7O2. The molecule has 3 aromatic rings. The smallest absolute Gasteiger partial charge is 0.258 e. The molecule has 2 aliphatic rings. The average molecular weight is 526 g/mol. The summed E-state index contributed by atoms with van der Waals surface area (Å²) in [4.78, 5) is 24.5. The van der Waals surface area contributed by atoms with Crippen LogP contribution in [0.15, 0.2) is 54.7 Å². The topological polar surface area (TPSA) is 129 Å². The standard InChI is InChI=1S/C30H35N7O2/c1-2-37-14-13-27-26(18-37)30(34-24-11-9-20(10-12-24)22(16-31)17-32)36-29(35-27)21-5-3-8-25(15-21)39-19-28(38)33-23-6-4-7-23/h3,5,8-12,15-17,23,31H,2,4,6-7,13-14,18-19,32H2,1H3,(H,33,38)(H,34,35,36)/b22-17+,31-16?. The lowest BCUT2D eigenvalue weighted by Gasteiger charge is -2.28. The van der Waals surface area contributed by atoms with E-state index in [-0.39, 0.29) is 18.6 Å². The molecule has 1 amide bonds. The van der Waals surface area contributed by atoms with E-state index in [4.69, 9.17) is 25.8 Å². The van der Waals surface area contributed by atoms with Crippen molar-refractivity contribution >= 4 is 29.2 Å². The lowest BCUT2D eigenvalue weighted by Crippen LogP contribution is -2.41. The first-order valence-electron chi connectivity index (χ1n) is 13.5. The van der Waals surface area contributed by atoms with E-state index in [0.717, 1.165) is 72.8 Å². The number of benzene rings is 2. The molecule has 5 rings (SSSR count). The summed E-state index contributed by atoms with van der Waals surface area (Å²) in [6, 6.07) is 15.7. The van der Waals surface area contributed by atoms with Crippen molar-refractivity contribution in [2.24, 2.45) is 5.73 Å². The molecule has 0 spiro atoms. The Morgan fingerprint density at radius 2 is 2.03 bits per heavy atom. The predicted octanol–water partition coefficient (Wildman–Crippen LogP) is 4.26. The molecule has 0 radical (unpaired) electrons. The van der Waals surface area contributed by atoms with Crippen LogP contribution in [0.25, 0.3) is 17.0 Å². The van der Waals surface area contributed by atoms with Gasteiger partial charge in [0.1, 0.15) is 11.6 Å². The number of carbonyl (C=O) groups is 1. The van der Waals surface area contributed by atoms with Crippen LogP contribution in [0.5, 0.6) is 5.75 Å². The van der Waals surface area contributed by atoms with Gasteiger partial charge in [0.05, 0.1) is 5.69 Å². The number of carbonyl (C=O) groups excluding carboxylic acids is 1. The van der Waals surface area contributed by atoms with E-state index in [9.17, 15) is 4.79 Å². The van der Waals surface area contributed by atoms with Crippen molar-refractivity contribution in [1.82, 2.24) is 20.2 Å². The van der Waals surface area contributed by atoms with Gasteiger partial charge in [-0.05, 0) is 55.6 Å². The summed E-state index contributed by atoms with van der Waals surface area (Å²) < 4.78 is 5.80. The van der Waals surface area contributed by atoms with Crippen LogP contribution in [-0.4, -0.2) is 52.7 Å². The Bertz CT molecular complexity index is 1370. The first-order valence-corrected chi connectivity index (χ1v) is 13.5. The van der Waals surface area contributed by atoms with Crippen LogP contribution in [-0.2, 0) is 17.8 Å². The van der Waals surface area contributed by atoms with Crippen LogP contribution in [0.3, 0.4) is 0 Å². The summed E-state index contributed by atoms with van der Waals surface area (Å²) in [5, 5.41) is 14.0. The van der Waals surface area contributed by atoms with Crippen molar-refractivity contribution in [1.29, 1.82) is 5.41 Å². The molecular weight excluding hydrogens is 490 g/mol. The number of anilines is 2. The Labute approximate surface area is 229 Å². The number of ether oxygens (including phenoxy) is 1. The van der Waals surface area contributed by atoms with Crippen molar-refractivity contribution in [3.63, 3.8) is 0 Å². The van der Waals surface area contributed by atoms with Gasteiger partial charge in [0.2, 0.25) is 0 Å². The maximum absolute atomic E-state index is 12.2. The van der Waals surface area contributed by atoms with Gasteiger partial charge in [-0.25, -0.2) is 9.97 Å². The highest BCUT2D eigenvalue weighted by Crippen LogP contribution is 2.31. The van der Waals surface area contributed by atoms with Crippen LogP contribution < -0.4 is 21.1 Å². The highest BCUT2D eigenvalue weighted by atomic mass is 16.5. The van der Waals surface area contributed by atoms with Crippen molar-refractivity contribution < 1.29 is 9.53 Å². The van der Waals surface area contributed by atoms with Crippen LogP contribution in [0.1, 0.15) is 43.0 Å². The van der Waals surface area contributed by atoms with E-state index in [0.29, 0.717) is 17.1 Å². The first-order chi connectivity index (χ1) is 19.1. The fourth-order valence-corrected chi connectivity index (χ4v) is 4.78. The number of nitrogens with one attached hydrogen (secondary N) is 3. The Kier molecular flexibility index (Phi) is 8.17. The molecule has 5 N–H and O–H groups in total. The Morgan fingerprint density at radius 1 is 1.21 bits per heavy atom. The third-order valence-corrected chi connectivity index (χ3v) is 7.34. The minimum absolute atomic E-state index is 0.0142. The molecule has 1 fully saturated rings. The molecule has 9 nitrogen and oxygen atoms in total. The number of fused-ring (bicyclic) bond motifs is 1. The van der Waals surface area contributed by atoms with E-state index < -0.39 is 0 Å². The van der Waals surface area contributed by atoms with Crippen LogP contribution >= 0.6 is 0 Å². The number of nitrogens with zero attached hydrogens (tertiary/aromatic N) is 3. The van der Waals surface area contributed by atoms with E-state index >= 15 is 0 Å². The second-order valence-corrected chi connectivity index (χ2v) is 9.92. The summed E-state index contributed by atoms with van der Waals surface area (Å²) in [5.41, 5.74) is 11.0. The minimum Gasteiger partial charge on any atom is -0.484 e. The zero-order valence-corrected chi connectivity index (χ0v) is 22.2. The number of allylic oxidation sites excluding steroid dienone is 1. The quantitative estimate of drug-likeness (QED) is 0.291. The summed E-state index contributed by atoms with van der Waals surface area (Å²) in [7, 11) is 0. The Balaban J connectivity index is 1.39. The number of hydrogen-bond donors (Lipinski definition) is 4. The number of nitrogens with two attached hydrogens (primary N) is 1. The van der Waals surface area contributed by atoms with Crippen molar-refractivity contribution in [2.75, 3.05) is 25.0 Å². The predicted molar refractivity (Wildman–Crippen MR) is 154 cm³/mol. The second kappa shape index (κ2) is 12.1. The average Bonchev–Trinajstić information content (AvgIpc) is 2.95. The van der Waals surface area contributed by atoms with Gasteiger partial charge in [0.15, 0.2) is 12.4 Å². The van der Waals surface area contributed by atoms with Crippen molar-refractivity contribution in [3.8, 4) is 17.1 Å². The van der Waals surface area contributed by atoms with E-state index in [2.05, 4.69) is 22.5 Å². The minimum atomic E-state index is -0.0946. The van der Waals surface area contributed by atoms with Gasteiger partial charge in [0.25, 0.3) is 5.91 Å². The highest BCUT2D eigenvalue weighted by molar-refractivity contribution is 6.08. The summed E-state index contributed by atoms with van der Waals surface area (Å²) in [5.74, 6) is 1.89. The lowest BCUT2D eigenvalue weighted by atomic mass is 9.93. The number of rotatable bonds is 10. The zero-order valence-electron chi connectivity index (χ0n) is 22.2. The molecule has 0 bridgehead atoms. The maximum atomic E-state index is 12.2. The molecule has 2 heterocycles. The molecule has 1 aliphatic carbocycles. The van der Waals surface area contributed by atoms with Gasteiger partial charge in [-0.2, -0.15) is 0 Å². The lowest BCUT2D eigenvalue weighted by molar-refractivity contribution is -0.124. The van der Waals surface area contributed by atoms with Gasteiger partial charge in [-0.3, -0.25) is 9.69 Å². The summed E-state index contributed by atoms with van der Waals surface area (Å²) >= 11 is 0. The van der Waals surface area contributed by atoms with E-state index in [1.165, 1.54) is 18.8 Å². The molecule has 0 unspecified atom stereocenters. The van der Waals surface area contributed by atoms with E-state index in [1.54, 1.807) is 0 Å². The van der Waals surface area contributed by atoms with Gasteiger partial charge in [-0.1, -0.05) is 31.2 Å². The first kappa shape index (κ1) is 26.4. The fraction of sp³-hybridized carbons (Fsp3) is 0.333. The van der Waals surface area contributed by atoms with Crippen molar-refractivity contribution in [2.45, 2.75) is 45.2 Å². The van der Waals surface area contributed by atoms with Gasteiger partial charge in [0, 0.05) is 60.4 Å². The zero-order chi connectivity index (χ0) is 27.2. The van der Waals surface area contributed by atoms with Crippen molar-refractivity contribution in [3.05, 3.63) is 71.6 Å². The largest absolute Gasteiger partial charge is 0.484 e. The van der Waals surface area contributed by atoms with E-state index in [1.807, 2.05) is 48.5 Å². The van der Waals surface area contributed by atoms with Crippen LogP contribution in [0.4, 0.5) is 11.5 Å². The fourth-order valence-electron chi connectivity index (χ4n) is 4.78. The molecule has 39 heavy (non-hydrogen) atoms. The normalized spacial score (nSPS) is 15.7. The third-order valence-electron chi connectivity index (χ3n) is 7.34. The molecule has 1 aliphatic heterocycles. The van der Waals surface area contributed by atoms with Gasteiger partial charge < -0.3 is 26.5 Å². The Hall–Kier alpha value is -4.24. The molecule has 9 heteroatoms. The molecule has 202 valence electrons. The summed E-state index contributed by atoms with van der Waals surface area (Å²) in [6.45, 7) is 4.83. The highest BCUT2D eigenvalue weighted by Gasteiger charge is 2.23. The van der Waals surface area contributed by atoms with Gasteiger partial charge >= 0.3 is 0 Å². The maximum Gasteiger partial charge on any atom is 0.258 e. The molecule has 2 aromatic carbocycles. The van der Waals surface area contributed by atoms with Crippen LogP contribution in [0, 0.1) is 5.41 Å². The molecule has 1 saturated carbocycles. The molecule has 0 saturated heterocycles. The number of aromatic nitrogens is 2. The number of likely N-dealkylation sites (N-methyl/N-ethyl adjacent to an activating group) is 1. The second-order valence-electron chi connectivity index (χ2n) is 9.92. The SMILES string of the molecule is CCN1CCc2nc(-c3cccc(OCC(=O)NC4CCC4)c3)nc(Nc3ccc(/C(C=N)=C/N)cc3)c2C1. The Morgan fingerprint density at radius 3 is 2.72 bits per heavy atom. The van der Waals surface area contributed by atoms with Crippen LogP contribution in [0.2, 0.25) is 0 Å². The summed E-state index contributed by atoms with van der Waals surface area (Å²) in [6.07, 6.45) is 6.78. The monoisotopic (exact) mass is 525 g/mol.